The predicted molar refractivity (Wildman–Crippen MR) is 126 cm³/mol. The van der Waals surface area contributed by atoms with Crippen molar-refractivity contribution in [3.63, 3.8) is 0 Å². The standard InChI is InChI=1S/C25H27FN2O3S/c1-25(2,3)19-7-4-18(5-8-19)6-17-24(29)27-21-13-15-23(16-14-21)32(30,31)28-22-11-9-20(26)10-12-22/h4-5,7-16,28H,6,17H2,1-3H3,(H,27,29). The Morgan fingerprint density at radius 2 is 1.41 bits per heavy atom. The van der Waals surface area contributed by atoms with Crippen LogP contribution in [0.2, 0.25) is 0 Å². The Morgan fingerprint density at radius 3 is 1.97 bits per heavy atom. The van der Waals surface area contributed by atoms with Crippen LogP contribution in [0.15, 0.2) is 77.7 Å². The fraction of sp³-hybridized carbons (Fsp3) is 0.240. The van der Waals surface area contributed by atoms with E-state index in [0.29, 0.717) is 18.5 Å². The first kappa shape index (κ1) is 23.5. The maximum atomic E-state index is 13.0. The molecule has 2 N–H and O–H groups in total. The van der Waals surface area contributed by atoms with E-state index in [2.05, 4.69) is 42.9 Å². The summed E-state index contributed by atoms with van der Waals surface area (Å²) in [6, 6.07) is 19.2. The van der Waals surface area contributed by atoms with Gasteiger partial charge in [0.1, 0.15) is 5.82 Å². The number of rotatable bonds is 7. The van der Waals surface area contributed by atoms with Gasteiger partial charge in [-0.3, -0.25) is 9.52 Å². The van der Waals surface area contributed by atoms with Gasteiger partial charge >= 0.3 is 0 Å². The third-order valence-corrected chi connectivity index (χ3v) is 6.40. The third kappa shape index (κ3) is 6.40. The van der Waals surface area contributed by atoms with Crippen molar-refractivity contribution in [1.29, 1.82) is 0 Å². The molecule has 32 heavy (non-hydrogen) atoms. The maximum Gasteiger partial charge on any atom is 0.261 e. The molecule has 3 rings (SSSR count). The number of carbonyl (C=O) groups is 1. The van der Waals surface area contributed by atoms with Crippen LogP contribution in [0.4, 0.5) is 15.8 Å². The Kier molecular flexibility index (Phi) is 6.99. The number of hydrogen-bond donors (Lipinski definition) is 2. The van der Waals surface area contributed by atoms with E-state index < -0.39 is 15.8 Å². The molecule has 5 nitrogen and oxygen atoms in total. The van der Waals surface area contributed by atoms with Crippen LogP contribution >= 0.6 is 0 Å². The Labute approximate surface area is 188 Å². The summed E-state index contributed by atoms with van der Waals surface area (Å²) in [5.41, 5.74) is 3.19. The monoisotopic (exact) mass is 454 g/mol. The molecule has 0 unspecified atom stereocenters. The van der Waals surface area contributed by atoms with Crippen LogP contribution in [0, 0.1) is 5.82 Å². The molecule has 0 bridgehead atoms. The molecule has 0 saturated heterocycles. The summed E-state index contributed by atoms with van der Waals surface area (Å²) in [7, 11) is -3.82. The lowest BCUT2D eigenvalue weighted by Gasteiger charge is -2.19. The summed E-state index contributed by atoms with van der Waals surface area (Å²) in [4.78, 5) is 12.3. The van der Waals surface area contributed by atoms with Gasteiger partial charge in [-0.05, 0) is 71.5 Å². The lowest BCUT2D eigenvalue weighted by Crippen LogP contribution is -2.14. The molecular weight excluding hydrogens is 427 g/mol. The van der Waals surface area contributed by atoms with Gasteiger partial charge < -0.3 is 5.32 Å². The van der Waals surface area contributed by atoms with E-state index in [4.69, 9.17) is 0 Å². The second-order valence-corrected chi connectivity index (χ2v) is 10.3. The molecule has 0 aromatic heterocycles. The van der Waals surface area contributed by atoms with Gasteiger partial charge in [0.25, 0.3) is 10.0 Å². The van der Waals surface area contributed by atoms with Crippen molar-refractivity contribution in [3.8, 4) is 0 Å². The molecule has 0 aliphatic carbocycles. The van der Waals surface area contributed by atoms with Crippen LogP contribution in [0.25, 0.3) is 0 Å². The molecule has 1 amide bonds. The lowest BCUT2D eigenvalue weighted by molar-refractivity contribution is -0.116. The van der Waals surface area contributed by atoms with Crippen LogP contribution in [0.5, 0.6) is 0 Å². The summed E-state index contributed by atoms with van der Waals surface area (Å²) in [6.45, 7) is 6.47. The second kappa shape index (κ2) is 9.53. The SMILES string of the molecule is CC(C)(C)c1ccc(CCC(=O)Nc2ccc(S(=O)(=O)Nc3ccc(F)cc3)cc2)cc1. The summed E-state index contributed by atoms with van der Waals surface area (Å²) in [5.74, 6) is -0.597. The second-order valence-electron chi connectivity index (χ2n) is 8.63. The summed E-state index contributed by atoms with van der Waals surface area (Å²) < 4.78 is 40.3. The predicted octanol–water partition coefficient (Wildman–Crippen LogP) is 5.50. The molecule has 0 spiro atoms. The van der Waals surface area contributed by atoms with Crippen molar-refractivity contribution in [2.24, 2.45) is 0 Å². The van der Waals surface area contributed by atoms with Crippen molar-refractivity contribution in [3.05, 3.63) is 89.7 Å². The largest absolute Gasteiger partial charge is 0.326 e. The number of aryl methyl sites for hydroxylation is 1. The maximum absolute atomic E-state index is 13.0. The summed E-state index contributed by atoms with van der Waals surface area (Å²) in [6.07, 6.45) is 0.936. The molecule has 0 radical (unpaired) electrons. The molecule has 0 heterocycles. The van der Waals surface area contributed by atoms with E-state index >= 15 is 0 Å². The van der Waals surface area contributed by atoms with Gasteiger partial charge in [0.2, 0.25) is 5.91 Å². The van der Waals surface area contributed by atoms with Gasteiger partial charge in [0.15, 0.2) is 0 Å². The quantitative estimate of drug-likeness (QED) is 0.495. The number of hydrogen-bond acceptors (Lipinski definition) is 3. The third-order valence-electron chi connectivity index (χ3n) is 5.01. The minimum atomic E-state index is -3.82. The molecule has 7 heteroatoms. The molecule has 3 aromatic rings. The number of halogens is 1. The molecule has 0 fully saturated rings. The minimum absolute atomic E-state index is 0.0405. The fourth-order valence-corrected chi connectivity index (χ4v) is 4.16. The van der Waals surface area contributed by atoms with Gasteiger partial charge in [-0.15, -0.1) is 0 Å². The molecular formula is C25H27FN2O3S. The van der Waals surface area contributed by atoms with Crippen LogP contribution in [-0.4, -0.2) is 14.3 Å². The van der Waals surface area contributed by atoms with Crippen molar-refractivity contribution >= 4 is 27.3 Å². The highest BCUT2D eigenvalue weighted by molar-refractivity contribution is 7.92. The Morgan fingerprint density at radius 1 is 0.844 bits per heavy atom. The molecule has 168 valence electrons. The average Bonchev–Trinajstić information content (AvgIpc) is 2.74. The van der Waals surface area contributed by atoms with Crippen LogP contribution in [0.3, 0.4) is 0 Å². The van der Waals surface area contributed by atoms with E-state index in [-0.39, 0.29) is 21.9 Å². The lowest BCUT2D eigenvalue weighted by atomic mass is 9.86. The Hall–Kier alpha value is -3.19. The normalized spacial score (nSPS) is 11.8. The van der Waals surface area contributed by atoms with Gasteiger partial charge in [-0.1, -0.05) is 45.0 Å². The number of amides is 1. The highest BCUT2D eigenvalue weighted by atomic mass is 32.2. The first-order valence-electron chi connectivity index (χ1n) is 10.3. The van der Waals surface area contributed by atoms with Gasteiger partial charge in [0.05, 0.1) is 4.90 Å². The molecule has 0 saturated carbocycles. The summed E-state index contributed by atoms with van der Waals surface area (Å²) >= 11 is 0. The number of sulfonamides is 1. The zero-order valence-corrected chi connectivity index (χ0v) is 19.2. The number of nitrogens with one attached hydrogen (secondary N) is 2. The zero-order chi connectivity index (χ0) is 23.4. The van der Waals surface area contributed by atoms with Crippen LogP contribution in [0.1, 0.15) is 38.3 Å². The van der Waals surface area contributed by atoms with E-state index in [9.17, 15) is 17.6 Å². The molecule has 0 aliphatic heterocycles. The number of anilines is 2. The molecule has 0 atom stereocenters. The number of carbonyl (C=O) groups excluding carboxylic acids is 1. The topological polar surface area (TPSA) is 75.3 Å². The van der Waals surface area contributed by atoms with Gasteiger partial charge in [0, 0.05) is 17.8 Å². The Bertz CT molecular complexity index is 1170. The van der Waals surface area contributed by atoms with E-state index in [1.54, 1.807) is 0 Å². The van der Waals surface area contributed by atoms with Gasteiger partial charge in [-0.25, -0.2) is 12.8 Å². The zero-order valence-electron chi connectivity index (χ0n) is 18.4. The summed E-state index contributed by atoms with van der Waals surface area (Å²) in [5, 5.41) is 2.79. The first-order valence-corrected chi connectivity index (χ1v) is 11.8. The molecule has 0 aliphatic rings. The van der Waals surface area contributed by atoms with E-state index in [1.807, 2.05) is 12.1 Å². The highest BCUT2D eigenvalue weighted by Crippen LogP contribution is 2.23. The molecule has 3 aromatic carbocycles. The van der Waals surface area contributed by atoms with Crippen molar-refractivity contribution in [2.75, 3.05) is 10.0 Å². The highest BCUT2D eigenvalue weighted by Gasteiger charge is 2.15. The fourth-order valence-electron chi connectivity index (χ4n) is 3.10. The smallest absolute Gasteiger partial charge is 0.261 e. The minimum Gasteiger partial charge on any atom is -0.326 e. The van der Waals surface area contributed by atoms with Gasteiger partial charge in [-0.2, -0.15) is 0 Å². The Balaban J connectivity index is 1.55. The first-order chi connectivity index (χ1) is 15.0. The van der Waals surface area contributed by atoms with Crippen molar-refractivity contribution < 1.29 is 17.6 Å². The number of benzene rings is 3. The van der Waals surface area contributed by atoms with Crippen molar-refractivity contribution in [1.82, 2.24) is 0 Å². The average molecular weight is 455 g/mol. The van der Waals surface area contributed by atoms with Crippen molar-refractivity contribution in [2.45, 2.75) is 43.9 Å². The van der Waals surface area contributed by atoms with E-state index in [1.165, 1.54) is 54.1 Å². The van der Waals surface area contributed by atoms with Crippen LogP contribution < -0.4 is 10.0 Å². The van der Waals surface area contributed by atoms with Crippen LogP contribution in [-0.2, 0) is 26.7 Å². The van der Waals surface area contributed by atoms with E-state index in [0.717, 1.165) is 5.56 Å².